The van der Waals surface area contributed by atoms with E-state index in [9.17, 15) is 9.59 Å². The third kappa shape index (κ3) is 7.46. The van der Waals surface area contributed by atoms with E-state index in [-0.39, 0.29) is 12.3 Å². The summed E-state index contributed by atoms with van der Waals surface area (Å²) in [7, 11) is 0. The van der Waals surface area contributed by atoms with Crippen LogP contribution < -0.4 is 5.32 Å². The number of benzene rings is 1. The molecule has 1 rings (SSSR count). The van der Waals surface area contributed by atoms with E-state index in [1.165, 1.54) is 0 Å². The maximum atomic E-state index is 11.6. The summed E-state index contributed by atoms with van der Waals surface area (Å²) in [5.41, 5.74) is 1.09. The number of hydrogen-bond donors (Lipinski definition) is 2. The molecule has 5 heteroatoms. The Morgan fingerprint density at radius 3 is 2.62 bits per heavy atom. The zero-order valence-corrected chi connectivity index (χ0v) is 12.4. The third-order valence-corrected chi connectivity index (χ3v) is 3.01. The molecular weight excluding hydrogens is 270 g/mol. The van der Waals surface area contributed by atoms with Crippen molar-refractivity contribution in [2.24, 2.45) is 0 Å². The Kier molecular flexibility index (Phi) is 8.12. The minimum Gasteiger partial charge on any atom is -0.480 e. The van der Waals surface area contributed by atoms with Crippen molar-refractivity contribution < 1.29 is 19.4 Å². The van der Waals surface area contributed by atoms with Crippen LogP contribution in [0, 0.1) is 0 Å². The summed E-state index contributed by atoms with van der Waals surface area (Å²) in [5.74, 6) is -1.22. The molecular formula is C16H23NO4. The fourth-order valence-electron chi connectivity index (χ4n) is 1.91. The molecule has 0 bridgehead atoms. The van der Waals surface area contributed by atoms with Gasteiger partial charge < -0.3 is 15.2 Å². The second-order valence-electron chi connectivity index (χ2n) is 4.89. The lowest BCUT2D eigenvalue weighted by molar-refractivity contribution is -0.142. The van der Waals surface area contributed by atoms with Crippen molar-refractivity contribution in [3.8, 4) is 0 Å². The zero-order chi connectivity index (χ0) is 15.5. The van der Waals surface area contributed by atoms with E-state index in [1.54, 1.807) is 0 Å². The minimum absolute atomic E-state index is 0.237. The summed E-state index contributed by atoms with van der Waals surface area (Å²) >= 11 is 0. The Bertz CT molecular complexity index is 433. The summed E-state index contributed by atoms with van der Waals surface area (Å²) < 4.78 is 5.47. The summed E-state index contributed by atoms with van der Waals surface area (Å²) in [6.07, 6.45) is 2.03. The number of carboxylic acid groups (broad SMARTS) is 1. The van der Waals surface area contributed by atoms with Crippen LogP contribution in [0.2, 0.25) is 0 Å². The second kappa shape index (κ2) is 9.94. The lowest BCUT2D eigenvalue weighted by Crippen LogP contribution is -2.40. The van der Waals surface area contributed by atoms with Crippen molar-refractivity contribution in [2.45, 2.75) is 45.3 Å². The summed E-state index contributed by atoms with van der Waals surface area (Å²) in [6.45, 7) is 2.89. The highest BCUT2D eigenvalue weighted by Crippen LogP contribution is 2.02. The van der Waals surface area contributed by atoms with Crippen molar-refractivity contribution >= 4 is 11.9 Å². The second-order valence-corrected chi connectivity index (χ2v) is 4.89. The Labute approximate surface area is 125 Å². The van der Waals surface area contributed by atoms with Gasteiger partial charge in [0.25, 0.3) is 0 Å². The third-order valence-electron chi connectivity index (χ3n) is 3.01. The first-order valence-corrected chi connectivity index (χ1v) is 7.27. The SMILES string of the molecule is CCCC(NC(=O)CCCOCc1ccccc1)C(=O)O. The molecule has 0 aliphatic rings. The predicted octanol–water partition coefficient (Wildman–Crippen LogP) is 2.35. The van der Waals surface area contributed by atoms with Crippen LogP contribution in [-0.2, 0) is 20.9 Å². The van der Waals surface area contributed by atoms with Crippen molar-refractivity contribution in [3.63, 3.8) is 0 Å². The molecule has 0 heterocycles. The van der Waals surface area contributed by atoms with Gasteiger partial charge >= 0.3 is 5.97 Å². The lowest BCUT2D eigenvalue weighted by Gasteiger charge is -2.13. The fourth-order valence-corrected chi connectivity index (χ4v) is 1.91. The monoisotopic (exact) mass is 293 g/mol. The normalized spacial score (nSPS) is 11.9. The molecule has 0 aromatic heterocycles. The minimum atomic E-state index is -0.981. The number of carbonyl (C=O) groups excluding carboxylic acids is 1. The number of ether oxygens (including phenoxy) is 1. The molecule has 0 spiro atoms. The Balaban J connectivity index is 2.14. The quantitative estimate of drug-likeness (QED) is 0.649. The summed E-state index contributed by atoms with van der Waals surface area (Å²) in [5, 5.41) is 11.5. The molecule has 1 aromatic carbocycles. The van der Waals surface area contributed by atoms with Gasteiger partial charge in [-0.2, -0.15) is 0 Å². The van der Waals surface area contributed by atoms with Gasteiger partial charge in [-0.1, -0.05) is 43.7 Å². The first-order valence-electron chi connectivity index (χ1n) is 7.27. The van der Waals surface area contributed by atoms with Crippen molar-refractivity contribution in [3.05, 3.63) is 35.9 Å². The largest absolute Gasteiger partial charge is 0.480 e. The highest BCUT2D eigenvalue weighted by atomic mass is 16.5. The molecule has 0 aliphatic carbocycles. The highest BCUT2D eigenvalue weighted by Gasteiger charge is 2.18. The van der Waals surface area contributed by atoms with Crippen LogP contribution in [-0.4, -0.2) is 29.6 Å². The van der Waals surface area contributed by atoms with Gasteiger partial charge in [0.05, 0.1) is 6.61 Å². The maximum Gasteiger partial charge on any atom is 0.326 e. The first kappa shape index (κ1) is 17.2. The molecule has 1 amide bonds. The van der Waals surface area contributed by atoms with Crippen LogP contribution in [0.1, 0.15) is 38.2 Å². The fraction of sp³-hybridized carbons (Fsp3) is 0.500. The molecule has 1 atom stereocenters. The van der Waals surface area contributed by atoms with Crippen molar-refractivity contribution in [1.29, 1.82) is 0 Å². The van der Waals surface area contributed by atoms with Gasteiger partial charge in [0.1, 0.15) is 6.04 Å². The van der Waals surface area contributed by atoms with Crippen LogP contribution in [0.15, 0.2) is 30.3 Å². The van der Waals surface area contributed by atoms with Crippen LogP contribution in [0.3, 0.4) is 0 Å². The Hall–Kier alpha value is -1.88. The van der Waals surface area contributed by atoms with E-state index in [0.717, 1.165) is 12.0 Å². The number of aliphatic carboxylic acids is 1. The summed E-state index contributed by atoms with van der Waals surface area (Å²) in [6, 6.07) is 9.03. The molecule has 1 aromatic rings. The van der Waals surface area contributed by atoms with Gasteiger partial charge in [-0.3, -0.25) is 4.79 Å². The molecule has 21 heavy (non-hydrogen) atoms. The van der Waals surface area contributed by atoms with Crippen LogP contribution in [0.5, 0.6) is 0 Å². The zero-order valence-electron chi connectivity index (χ0n) is 12.4. The van der Waals surface area contributed by atoms with Gasteiger partial charge in [-0.25, -0.2) is 4.79 Å². The number of amides is 1. The predicted molar refractivity (Wildman–Crippen MR) is 79.8 cm³/mol. The molecule has 2 N–H and O–H groups in total. The molecule has 5 nitrogen and oxygen atoms in total. The van der Waals surface area contributed by atoms with E-state index in [2.05, 4.69) is 5.32 Å². The Morgan fingerprint density at radius 1 is 1.29 bits per heavy atom. The molecule has 0 fully saturated rings. The van der Waals surface area contributed by atoms with Crippen molar-refractivity contribution in [1.82, 2.24) is 5.32 Å². The maximum absolute atomic E-state index is 11.6. The summed E-state index contributed by atoms with van der Waals surface area (Å²) in [4.78, 5) is 22.6. The van der Waals surface area contributed by atoms with Crippen molar-refractivity contribution in [2.75, 3.05) is 6.61 Å². The molecule has 0 saturated heterocycles. The lowest BCUT2D eigenvalue weighted by atomic mass is 10.1. The average Bonchev–Trinajstić information content (AvgIpc) is 2.47. The topological polar surface area (TPSA) is 75.6 Å². The smallest absolute Gasteiger partial charge is 0.326 e. The number of rotatable bonds is 10. The number of carboxylic acids is 1. The average molecular weight is 293 g/mol. The van der Waals surface area contributed by atoms with E-state index in [1.807, 2.05) is 37.3 Å². The Morgan fingerprint density at radius 2 is 2.00 bits per heavy atom. The van der Waals surface area contributed by atoms with Crippen LogP contribution in [0.25, 0.3) is 0 Å². The molecule has 0 radical (unpaired) electrons. The van der Waals surface area contributed by atoms with Crippen LogP contribution in [0.4, 0.5) is 0 Å². The van der Waals surface area contributed by atoms with Gasteiger partial charge in [0, 0.05) is 13.0 Å². The van der Waals surface area contributed by atoms with Gasteiger partial charge in [-0.15, -0.1) is 0 Å². The highest BCUT2D eigenvalue weighted by molar-refractivity contribution is 5.83. The van der Waals surface area contributed by atoms with Gasteiger partial charge in [-0.05, 0) is 18.4 Å². The van der Waals surface area contributed by atoms with E-state index >= 15 is 0 Å². The van der Waals surface area contributed by atoms with E-state index < -0.39 is 12.0 Å². The molecule has 1 unspecified atom stereocenters. The van der Waals surface area contributed by atoms with Crippen LogP contribution >= 0.6 is 0 Å². The molecule has 0 saturated carbocycles. The first-order chi connectivity index (χ1) is 10.1. The number of nitrogens with one attached hydrogen (secondary N) is 1. The number of carbonyl (C=O) groups is 2. The number of hydrogen-bond acceptors (Lipinski definition) is 3. The van der Waals surface area contributed by atoms with E-state index in [4.69, 9.17) is 9.84 Å². The van der Waals surface area contributed by atoms with Gasteiger partial charge in [0.15, 0.2) is 0 Å². The van der Waals surface area contributed by atoms with Gasteiger partial charge in [0.2, 0.25) is 5.91 Å². The van der Waals surface area contributed by atoms with E-state index in [0.29, 0.717) is 26.1 Å². The standard InChI is InChI=1S/C16H23NO4/c1-2-7-14(16(19)20)17-15(18)10-6-11-21-12-13-8-4-3-5-9-13/h3-5,8-9,14H,2,6-7,10-12H2,1H3,(H,17,18)(H,19,20). The molecule has 0 aliphatic heterocycles. The molecule has 116 valence electrons.